The first kappa shape index (κ1) is 20.0. The van der Waals surface area contributed by atoms with Crippen molar-refractivity contribution in [3.05, 3.63) is 53.5 Å². The summed E-state index contributed by atoms with van der Waals surface area (Å²) >= 11 is 0. The Morgan fingerprint density at radius 2 is 1.72 bits per heavy atom. The summed E-state index contributed by atoms with van der Waals surface area (Å²) in [5, 5.41) is 0. The van der Waals surface area contributed by atoms with Gasteiger partial charge in [-0.1, -0.05) is 30.3 Å². The topological polar surface area (TPSA) is 32.3 Å². The van der Waals surface area contributed by atoms with E-state index in [1.54, 1.807) is 0 Å². The Kier molecular flexibility index (Phi) is 6.30. The Morgan fingerprint density at radius 1 is 1.00 bits per heavy atom. The zero-order valence-electron chi connectivity index (χ0n) is 14.9. The van der Waals surface area contributed by atoms with Crippen LogP contribution in [0.25, 0.3) is 0 Å². The Bertz CT molecular complexity index is 710. The second kappa shape index (κ2) is 7.90. The molecule has 0 amide bonds. The van der Waals surface area contributed by atoms with E-state index in [-0.39, 0.29) is 24.8 Å². The third-order valence-corrected chi connectivity index (χ3v) is 5.39. The van der Waals surface area contributed by atoms with E-state index in [4.69, 9.17) is 4.98 Å². The molecule has 0 aliphatic carbocycles. The number of hydrogen-bond acceptors (Lipinski definition) is 4. The molecule has 0 saturated carbocycles. The molecule has 25 heavy (non-hydrogen) atoms. The van der Waals surface area contributed by atoms with Crippen molar-refractivity contribution >= 4 is 30.6 Å². The number of benzene rings is 1. The molecular formula is C19H26Cl2N4. The summed E-state index contributed by atoms with van der Waals surface area (Å²) in [6.07, 6.45) is 1.86. The van der Waals surface area contributed by atoms with Crippen molar-refractivity contribution in [3.63, 3.8) is 0 Å². The van der Waals surface area contributed by atoms with Crippen molar-refractivity contribution in [2.45, 2.75) is 19.9 Å². The molecule has 1 aromatic carbocycles. The van der Waals surface area contributed by atoms with Gasteiger partial charge in [0.1, 0.15) is 5.82 Å². The van der Waals surface area contributed by atoms with E-state index < -0.39 is 0 Å². The molecule has 0 radical (unpaired) electrons. The van der Waals surface area contributed by atoms with Crippen LogP contribution in [0.5, 0.6) is 0 Å². The second-order valence-corrected chi connectivity index (χ2v) is 7.04. The van der Waals surface area contributed by atoms with Gasteiger partial charge in [-0.3, -0.25) is 9.88 Å². The number of hydrogen-bond donors (Lipinski definition) is 0. The molecule has 2 aromatic rings. The smallest absolute Gasteiger partial charge is 0.150 e. The molecule has 3 heterocycles. The average molecular weight is 381 g/mol. The molecule has 136 valence electrons. The summed E-state index contributed by atoms with van der Waals surface area (Å²) in [5.41, 5.74) is 3.48. The van der Waals surface area contributed by atoms with Crippen molar-refractivity contribution in [3.8, 4) is 0 Å². The molecule has 0 N–H and O–H groups in total. The zero-order valence-corrected chi connectivity index (χ0v) is 16.6. The van der Waals surface area contributed by atoms with Gasteiger partial charge >= 0.3 is 0 Å². The Labute approximate surface area is 162 Å². The fourth-order valence-corrected chi connectivity index (χ4v) is 4.41. The van der Waals surface area contributed by atoms with E-state index in [1.165, 1.54) is 12.1 Å². The van der Waals surface area contributed by atoms with E-state index in [0.717, 1.165) is 30.3 Å². The van der Waals surface area contributed by atoms with Crippen LogP contribution in [-0.2, 0) is 0 Å². The van der Waals surface area contributed by atoms with Gasteiger partial charge in [0.05, 0.1) is 11.4 Å². The lowest BCUT2D eigenvalue weighted by Crippen LogP contribution is -2.30. The quantitative estimate of drug-likeness (QED) is 0.795. The zero-order chi connectivity index (χ0) is 16.0. The van der Waals surface area contributed by atoms with Crippen LogP contribution in [-0.4, -0.2) is 41.5 Å². The van der Waals surface area contributed by atoms with Crippen LogP contribution in [0.15, 0.2) is 36.5 Å². The van der Waals surface area contributed by atoms with E-state index in [1.807, 2.05) is 13.1 Å². The number of halogens is 2. The van der Waals surface area contributed by atoms with Gasteiger partial charge in [-0.2, -0.15) is 0 Å². The van der Waals surface area contributed by atoms with E-state index in [9.17, 15) is 0 Å². The van der Waals surface area contributed by atoms with Crippen LogP contribution in [0, 0.1) is 25.7 Å². The number of rotatable bonds is 2. The molecule has 1 aromatic heterocycles. The van der Waals surface area contributed by atoms with Gasteiger partial charge < -0.3 is 4.90 Å². The van der Waals surface area contributed by atoms with E-state index in [2.05, 4.69) is 59.1 Å². The SMILES string of the molecule is Cc1cnc(C)c(N2C[C@@H]3CN(C)[C@@H](c4ccccc4)[C@@H]3C2)n1.Cl.Cl. The summed E-state index contributed by atoms with van der Waals surface area (Å²) in [4.78, 5) is 14.2. The summed E-state index contributed by atoms with van der Waals surface area (Å²) in [6, 6.07) is 11.5. The molecule has 2 fully saturated rings. The molecule has 2 aliphatic rings. The summed E-state index contributed by atoms with van der Waals surface area (Å²) < 4.78 is 0. The van der Waals surface area contributed by atoms with Gasteiger partial charge in [-0.15, -0.1) is 24.8 Å². The second-order valence-electron chi connectivity index (χ2n) is 7.04. The highest BCUT2D eigenvalue weighted by molar-refractivity contribution is 5.85. The van der Waals surface area contributed by atoms with Crippen LogP contribution < -0.4 is 4.90 Å². The molecule has 6 heteroatoms. The first-order valence-corrected chi connectivity index (χ1v) is 8.44. The predicted molar refractivity (Wildman–Crippen MR) is 107 cm³/mol. The van der Waals surface area contributed by atoms with Crippen molar-refractivity contribution in [2.24, 2.45) is 11.8 Å². The van der Waals surface area contributed by atoms with Gasteiger partial charge in [-0.25, -0.2) is 4.98 Å². The lowest BCUT2D eigenvalue weighted by atomic mass is 9.90. The average Bonchev–Trinajstić information content (AvgIpc) is 3.07. The summed E-state index contributed by atoms with van der Waals surface area (Å²) in [5.74, 6) is 2.46. The van der Waals surface area contributed by atoms with E-state index >= 15 is 0 Å². The Balaban J connectivity index is 0.00000113. The number of fused-ring (bicyclic) bond motifs is 1. The van der Waals surface area contributed by atoms with Gasteiger partial charge in [0, 0.05) is 37.8 Å². The molecule has 4 nitrogen and oxygen atoms in total. The van der Waals surface area contributed by atoms with Crippen LogP contribution in [0.1, 0.15) is 23.0 Å². The number of aryl methyl sites for hydroxylation is 2. The number of likely N-dealkylation sites (tertiary alicyclic amines) is 1. The van der Waals surface area contributed by atoms with Crippen LogP contribution >= 0.6 is 24.8 Å². The highest BCUT2D eigenvalue weighted by Crippen LogP contribution is 2.44. The lowest BCUT2D eigenvalue weighted by Gasteiger charge is -2.27. The summed E-state index contributed by atoms with van der Waals surface area (Å²) in [7, 11) is 2.26. The minimum absolute atomic E-state index is 0. The van der Waals surface area contributed by atoms with Gasteiger partial charge in [-0.05, 0) is 32.4 Å². The molecule has 4 rings (SSSR count). The van der Waals surface area contributed by atoms with E-state index in [0.29, 0.717) is 17.9 Å². The van der Waals surface area contributed by atoms with Crippen molar-refractivity contribution < 1.29 is 0 Å². The molecule has 2 aliphatic heterocycles. The summed E-state index contributed by atoms with van der Waals surface area (Å²) in [6.45, 7) is 7.42. The first-order chi connectivity index (χ1) is 11.1. The molecule has 0 bridgehead atoms. The number of aromatic nitrogens is 2. The van der Waals surface area contributed by atoms with Crippen molar-refractivity contribution in [1.29, 1.82) is 0 Å². The Morgan fingerprint density at radius 3 is 2.44 bits per heavy atom. The largest absolute Gasteiger partial charge is 0.354 e. The minimum Gasteiger partial charge on any atom is -0.354 e. The van der Waals surface area contributed by atoms with Gasteiger partial charge in [0.2, 0.25) is 0 Å². The maximum absolute atomic E-state index is 4.75. The highest BCUT2D eigenvalue weighted by atomic mass is 35.5. The third-order valence-electron chi connectivity index (χ3n) is 5.39. The Hall–Kier alpha value is -1.36. The fourth-order valence-electron chi connectivity index (χ4n) is 4.41. The number of nitrogens with zero attached hydrogens (tertiary/aromatic N) is 4. The van der Waals surface area contributed by atoms with Crippen LogP contribution in [0.4, 0.5) is 5.82 Å². The predicted octanol–water partition coefficient (Wildman–Crippen LogP) is 3.68. The first-order valence-electron chi connectivity index (χ1n) is 8.44. The normalized spacial score (nSPS) is 25.2. The molecule has 2 saturated heterocycles. The monoisotopic (exact) mass is 380 g/mol. The highest BCUT2D eigenvalue weighted by Gasteiger charge is 2.46. The number of anilines is 1. The molecule has 0 unspecified atom stereocenters. The standard InChI is InChI=1S/C19H24N4.2ClH/c1-13-9-20-14(2)19(21-13)23-11-16-10-22(3)18(17(16)12-23)15-7-5-4-6-8-15;;/h4-9,16-18H,10-12H2,1-3H3;2*1H/t16-,17+,18-;;/m0../s1. The lowest BCUT2D eigenvalue weighted by molar-refractivity contribution is 0.279. The molecule has 3 atom stereocenters. The van der Waals surface area contributed by atoms with Crippen molar-refractivity contribution in [1.82, 2.24) is 14.9 Å². The fraction of sp³-hybridized carbons (Fsp3) is 0.474. The van der Waals surface area contributed by atoms with Crippen LogP contribution in [0.2, 0.25) is 0 Å². The maximum Gasteiger partial charge on any atom is 0.150 e. The molecule has 0 spiro atoms. The van der Waals surface area contributed by atoms with Crippen LogP contribution in [0.3, 0.4) is 0 Å². The van der Waals surface area contributed by atoms with Gasteiger partial charge in [0.25, 0.3) is 0 Å². The van der Waals surface area contributed by atoms with Gasteiger partial charge in [0.15, 0.2) is 0 Å². The minimum atomic E-state index is 0. The third kappa shape index (κ3) is 3.62. The molecular weight excluding hydrogens is 355 g/mol. The maximum atomic E-state index is 4.75. The van der Waals surface area contributed by atoms with Crippen molar-refractivity contribution in [2.75, 3.05) is 31.6 Å².